The molecule has 0 aromatic rings. The summed E-state index contributed by atoms with van der Waals surface area (Å²) in [5.74, 6) is -3.33. The van der Waals surface area contributed by atoms with Gasteiger partial charge in [0.1, 0.15) is 0 Å². The van der Waals surface area contributed by atoms with Crippen molar-refractivity contribution >= 4 is 46.9 Å². The molecule has 2 radical (unpaired) electrons. The van der Waals surface area contributed by atoms with Gasteiger partial charge in [-0.1, -0.05) is 0 Å². The average Bonchev–Trinajstić information content (AvgIpc) is 2.13. The van der Waals surface area contributed by atoms with Crippen molar-refractivity contribution in [2.24, 2.45) is 11.5 Å². The Hall–Kier alpha value is -1.43. The van der Waals surface area contributed by atoms with Crippen LogP contribution in [-0.2, 0) is 19.2 Å². The first-order chi connectivity index (χ1) is 8.84. The summed E-state index contributed by atoms with van der Waals surface area (Å²) in [5.41, 5.74) is 9.81. The molecule has 124 valence electrons. The van der Waals surface area contributed by atoms with Gasteiger partial charge in [0, 0.05) is 63.8 Å². The number of aliphatic carboxylic acids is 4. The molecule has 0 fully saturated rings. The van der Waals surface area contributed by atoms with Crippen molar-refractivity contribution in [3.05, 3.63) is 0 Å². The molecule has 0 spiro atoms. The maximum absolute atomic E-state index is 9.00. The van der Waals surface area contributed by atoms with Crippen molar-refractivity contribution in [3.63, 3.8) is 0 Å². The Morgan fingerprint density at radius 1 is 0.619 bits per heavy atom. The number of carboxylic acid groups (broad SMARTS) is 4. The fraction of sp³-hybridized carbons (Fsp3) is 0.600. The Bertz CT molecular complexity index is 195. The number of rotatable bonds is 1. The van der Waals surface area contributed by atoms with Crippen LogP contribution in [0.2, 0.25) is 0 Å². The predicted molar refractivity (Wildman–Crippen MR) is 77.1 cm³/mol. The zero-order valence-corrected chi connectivity index (χ0v) is 14.1. The third-order valence-electron chi connectivity index (χ3n) is 0.167. The van der Waals surface area contributed by atoms with E-state index in [2.05, 4.69) is 0 Å². The monoisotopic (exact) mass is 324 g/mol. The first kappa shape index (κ1) is 36.6. The van der Waals surface area contributed by atoms with Gasteiger partial charge < -0.3 is 31.9 Å². The maximum atomic E-state index is 9.00. The number of hydrogen-bond donors (Lipinski definition) is 6. The second-order valence-electron chi connectivity index (χ2n) is 2.65. The zero-order valence-electron chi connectivity index (χ0n) is 12.7. The van der Waals surface area contributed by atoms with E-state index in [0.717, 1.165) is 27.7 Å². The molecular formula is C10H24MgN2O8. The van der Waals surface area contributed by atoms with Crippen LogP contribution in [0.3, 0.4) is 0 Å². The lowest BCUT2D eigenvalue weighted by Crippen LogP contribution is -2.11. The van der Waals surface area contributed by atoms with Gasteiger partial charge in [-0.3, -0.25) is 19.2 Å². The Morgan fingerprint density at radius 3 is 0.667 bits per heavy atom. The van der Waals surface area contributed by atoms with E-state index < -0.39 is 23.9 Å². The second-order valence-corrected chi connectivity index (χ2v) is 2.65. The molecule has 0 saturated carbocycles. The van der Waals surface area contributed by atoms with E-state index >= 15 is 0 Å². The van der Waals surface area contributed by atoms with Crippen LogP contribution in [0.25, 0.3) is 0 Å². The van der Waals surface area contributed by atoms with Crippen molar-refractivity contribution in [3.8, 4) is 0 Å². The van der Waals surface area contributed by atoms with Crippen molar-refractivity contribution in [2.45, 2.75) is 27.7 Å². The minimum atomic E-state index is -0.833. The number of carbonyl (C=O) groups is 4. The highest BCUT2D eigenvalue weighted by molar-refractivity contribution is 5.75. The number of carboxylic acids is 4. The molecule has 8 N–H and O–H groups in total. The summed E-state index contributed by atoms with van der Waals surface area (Å²) in [5, 5.41) is 29.7. The molecule has 0 aliphatic heterocycles. The van der Waals surface area contributed by atoms with E-state index in [1.54, 1.807) is 0 Å². The molecule has 0 amide bonds. The molecule has 0 saturated heterocycles. The van der Waals surface area contributed by atoms with Gasteiger partial charge in [-0.05, 0) is 0 Å². The SMILES string of the molecule is CC(=O)O.CC(=O)O.CC(=O)O.CC(=O)O.NCCN.[Mg]. The van der Waals surface area contributed by atoms with Crippen LogP contribution in [0.4, 0.5) is 0 Å². The molecular weight excluding hydrogens is 300 g/mol. The van der Waals surface area contributed by atoms with Gasteiger partial charge >= 0.3 is 0 Å². The standard InChI is InChI=1S/C2H8N2.4C2H4O2.Mg/c3-1-2-4;4*1-2(3)4;/h1-4H2;4*1H3,(H,3,4);. The molecule has 0 rings (SSSR count). The van der Waals surface area contributed by atoms with Gasteiger partial charge in [-0.25, -0.2) is 0 Å². The molecule has 0 aliphatic carbocycles. The molecule has 0 bridgehead atoms. The lowest BCUT2D eigenvalue weighted by atomic mass is 10.7. The summed E-state index contributed by atoms with van der Waals surface area (Å²) in [6.45, 7) is 5.53. The first-order valence-corrected chi connectivity index (χ1v) is 5.03. The van der Waals surface area contributed by atoms with Gasteiger partial charge in [-0.15, -0.1) is 0 Å². The van der Waals surface area contributed by atoms with E-state index in [9.17, 15) is 0 Å². The highest BCUT2D eigenvalue weighted by Gasteiger charge is 1.66. The minimum Gasteiger partial charge on any atom is -0.481 e. The topological polar surface area (TPSA) is 201 Å². The predicted octanol–water partition coefficient (Wildman–Crippen LogP) is -1.11. The number of nitrogens with two attached hydrogens (primary N) is 2. The van der Waals surface area contributed by atoms with Gasteiger partial charge in [0.15, 0.2) is 0 Å². The lowest BCUT2D eigenvalue weighted by molar-refractivity contribution is -0.135. The van der Waals surface area contributed by atoms with Gasteiger partial charge in [0.25, 0.3) is 23.9 Å². The first-order valence-electron chi connectivity index (χ1n) is 5.03. The largest absolute Gasteiger partial charge is 0.481 e. The molecule has 21 heavy (non-hydrogen) atoms. The lowest BCUT2D eigenvalue weighted by Gasteiger charge is -1.72. The molecule has 0 aliphatic rings. The van der Waals surface area contributed by atoms with Crippen LogP contribution in [0.15, 0.2) is 0 Å². The van der Waals surface area contributed by atoms with Crippen molar-refractivity contribution in [1.82, 2.24) is 0 Å². The normalized spacial score (nSPS) is 6.19. The minimum absolute atomic E-state index is 0. The van der Waals surface area contributed by atoms with Crippen LogP contribution in [0.5, 0.6) is 0 Å². The summed E-state index contributed by atoms with van der Waals surface area (Å²) in [6, 6.07) is 0. The Kier molecular flexibility index (Phi) is 63.3. The Labute approximate surface area is 139 Å². The second kappa shape index (κ2) is 36.3. The van der Waals surface area contributed by atoms with Crippen LogP contribution in [0.1, 0.15) is 27.7 Å². The van der Waals surface area contributed by atoms with Gasteiger partial charge in [0.2, 0.25) is 0 Å². The van der Waals surface area contributed by atoms with E-state index in [1.807, 2.05) is 0 Å². The van der Waals surface area contributed by atoms with E-state index in [1.165, 1.54) is 0 Å². The molecule has 11 heteroatoms. The van der Waals surface area contributed by atoms with Crippen LogP contribution in [0, 0.1) is 0 Å². The van der Waals surface area contributed by atoms with E-state index in [-0.39, 0.29) is 23.1 Å². The number of hydrogen-bond acceptors (Lipinski definition) is 6. The highest BCUT2D eigenvalue weighted by Crippen LogP contribution is 1.43. The van der Waals surface area contributed by atoms with Gasteiger partial charge in [-0.2, -0.15) is 0 Å². The molecule has 0 atom stereocenters. The zero-order chi connectivity index (χ0) is 17.7. The fourth-order valence-corrected chi connectivity index (χ4v) is 0. The average molecular weight is 325 g/mol. The van der Waals surface area contributed by atoms with Crippen LogP contribution in [-0.4, -0.2) is 80.4 Å². The van der Waals surface area contributed by atoms with Crippen LogP contribution >= 0.6 is 0 Å². The third-order valence-corrected chi connectivity index (χ3v) is 0.167. The fourth-order valence-electron chi connectivity index (χ4n) is 0. The molecule has 0 heterocycles. The summed E-state index contributed by atoms with van der Waals surface area (Å²) < 4.78 is 0. The molecule has 0 unspecified atom stereocenters. The van der Waals surface area contributed by atoms with Gasteiger partial charge in [0.05, 0.1) is 0 Å². The summed E-state index contributed by atoms with van der Waals surface area (Å²) >= 11 is 0. The van der Waals surface area contributed by atoms with E-state index in [0.29, 0.717) is 13.1 Å². The maximum Gasteiger partial charge on any atom is 0.300 e. The molecule has 10 nitrogen and oxygen atoms in total. The highest BCUT2D eigenvalue weighted by atomic mass is 24.3. The van der Waals surface area contributed by atoms with Crippen molar-refractivity contribution < 1.29 is 39.6 Å². The quantitative estimate of drug-likeness (QED) is 0.321. The summed E-state index contributed by atoms with van der Waals surface area (Å²) in [6.07, 6.45) is 0. The molecule has 0 aromatic heterocycles. The van der Waals surface area contributed by atoms with E-state index in [4.69, 9.17) is 51.1 Å². The molecule has 0 aromatic carbocycles. The summed E-state index contributed by atoms with van der Waals surface area (Å²) in [7, 11) is 0. The third kappa shape index (κ3) is 27100. The smallest absolute Gasteiger partial charge is 0.300 e. The van der Waals surface area contributed by atoms with Crippen molar-refractivity contribution in [2.75, 3.05) is 13.1 Å². The Balaban J connectivity index is -0.0000000331. The van der Waals surface area contributed by atoms with Crippen molar-refractivity contribution in [1.29, 1.82) is 0 Å². The summed E-state index contributed by atoms with van der Waals surface area (Å²) in [4.78, 5) is 36.0. The Morgan fingerprint density at radius 2 is 0.667 bits per heavy atom. The van der Waals surface area contributed by atoms with Crippen LogP contribution < -0.4 is 11.5 Å².